The van der Waals surface area contributed by atoms with Gasteiger partial charge in [0.05, 0.1) is 25.4 Å². The standard InChI is InChI=1S/C24H19FN4O2S/c1-30-20-8-6-16(7-9-20)23-27-28-24(29(23)14-21-5-3-11-31-21)32-15-18-13-19(25)12-17-4-2-10-26-22(17)18/h2-13H,14-15H2,1H3. The molecule has 0 atom stereocenters. The van der Waals surface area contributed by atoms with Crippen LogP contribution in [0.25, 0.3) is 22.3 Å². The second-order valence-corrected chi connectivity index (χ2v) is 8.07. The average Bonchev–Trinajstić information content (AvgIpc) is 3.48. The van der Waals surface area contributed by atoms with E-state index >= 15 is 0 Å². The first kappa shape index (κ1) is 20.3. The topological polar surface area (TPSA) is 66.0 Å². The van der Waals surface area contributed by atoms with Crippen molar-refractivity contribution in [2.24, 2.45) is 0 Å². The number of benzene rings is 2. The first-order valence-electron chi connectivity index (χ1n) is 9.97. The molecule has 0 amide bonds. The number of nitrogens with zero attached hydrogens (tertiary/aromatic N) is 4. The van der Waals surface area contributed by atoms with Gasteiger partial charge in [0.25, 0.3) is 0 Å². The van der Waals surface area contributed by atoms with E-state index in [1.807, 2.05) is 47.0 Å². The minimum Gasteiger partial charge on any atom is -0.497 e. The van der Waals surface area contributed by atoms with Crippen LogP contribution >= 0.6 is 11.8 Å². The number of thioether (sulfide) groups is 1. The van der Waals surface area contributed by atoms with Crippen LogP contribution in [0.1, 0.15) is 11.3 Å². The molecule has 0 aliphatic rings. The van der Waals surface area contributed by atoms with Gasteiger partial charge in [-0.3, -0.25) is 9.55 Å². The maximum atomic E-state index is 14.1. The number of fused-ring (bicyclic) bond motifs is 1. The largest absolute Gasteiger partial charge is 0.497 e. The SMILES string of the molecule is COc1ccc(-c2nnc(SCc3cc(F)cc4cccnc34)n2Cc2ccco2)cc1. The number of hydrogen-bond donors (Lipinski definition) is 0. The van der Waals surface area contributed by atoms with Crippen LogP contribution in [0.4, 0.5) is 4.39 Å². The second-order valence-electron chi connectivity index (χ2n) is 7.13. The number of methoxy groups -OCH3 is 1. The lowest BCUT2D eigenvalue weighted by atomic mass is 10.1. The van der Waals surface area contributed by atoms with Gasteiger partial charge in [-0.25, -0.2) is 4.39 Å². The van der Waals surface area contributed by atoms with Gasteiger partial charge in [0.2, 0.25) is 0 Å². The van der Waals surface area contributed by atoms with Crippen LogP contribution in [0, 0.1) is 5.82 Å². The minimum absolute atomic E-state index is 0.280. The van der Waals surface area contributed by atoms with Crippen LogP contribution in [-0.4, -0.2) is 26.9 Å². The highest BCUT2D eigenvalue weighted by molar-refractivity contribution is 7.98. The summed E-state index contributed by atoms with van der Waals surface area (Å²) in [5.41, 5.74) is 2.51. The number of rotatable bonds is 7. The van der Waals surface area contributed by atoms with Gasteiger partial charge in [0.15, 0.2) is 11.0 Å². The van der Waals surface area contributed by atoms with Crippen molar-refractivity contribution >= 4 is 22.7 Å². The zero-order valence-electron chi connectivity index (χ0n) is 17.2. The van der Waals surface area contributed by atoms with Gasteiger partial charge >= 0.3 is 0 Å². The van der Waals surface area contributed by atoms with Crippen molar-refractivity contribution in [2.75, 3.05) is 7.11 Å². The molecule has 8 heteroatoms. The van der Waals surface area contributed by atoms with Gasteiger partial charge in [-0.15, -0.1) is 10.2 Å². The van der Waals surface area contributed by atoms with Crippen LogP contribution < -0.4 is 4.74 Å². The maximum absolute atomic E-state index is 14.1. The molecule has 0 saturated carbocycles. The van der Waals surface area contributed by atoms with Crippen molar-refractivity contribution in [2.45, 2.75) is 17.5 Å². The van der Waals surface area contributed by atoms with Crippen molar-refractivity contribution in [3.05, 3.63) is 90.3 Å². The molecule has 0 N–H and O–H groups in total. The number of furan rings is 1. The van der Waals surface area contributed by atoms with E-state index < -0.39 is 0 Å². The Balaban J connectivity index is 1.49. The van der Waals surface area contributed by atoms with E-state index in [0.717, 1.165) is 33.5 Å². The van der Waals surface area contributed by atoms with Crippen molar-refractivity contribution in [3.63, 3.8) is 0 Å². The normalized spacial score (nSPS) is 11.2. The highest BCUT2D eigenvalue weighted by Crippen LogP contribution is 2.30. The van der Waals surface area contributed by atoms with E-state index in [1.165, 1.54) is 23.9 Å². The van der Waals surface area contributed by atoms with Crippen LogP contribution in [0.3, 0.4) is 0 Å². The molecular formula is C24H19FN4O2S. The molecule has 0 unspecified atom stereocenters. The molecular weight excluding hydrogens is 427 g/mol. The van der Waals surface area contributed by atoms with E-state index in [0.29, 0.717) is 23.3 Å². The summed E-state index contributed by atoms with van der Waals surface area (Å²) in [5.74, 6) is 2.50. The van der Waals surface area contributed by atoms with E-state index in [-0.39, 0.29) is 5.82 Å². The summed E-state index contributed by atoms with van der Waals surface area (Å²) in [5, 5.41) is 10.3. The van der Waals surface area contributed by atoms with Gasteiger partial charge < -0.3 is 9.15 Å². The van der Waals surface area contributed by atoms with Gasteiger partial charge in [-0.05, 0) is 60.2 Å². The molecule has 0 bridgehead atoms. The molecule has 5 aromatic rings. The third-order valence-electron chi connectivity index (χ3n) is 5.06. The lowest BCUT2D eigenvalue weighted by molar-refractivity contribution is 0.415. The number of hydrogen-bond acceptors (Lipinski definition) is 6. The molecule has 2 aromatic carbocycles. The molecule has 0 radical (unpaired) electrons. The van der Waals surface area contributed by atoms with Crippen molar-refractivity contribution < 1.29 is 13.5 Å². The van der Waals surface area contributed by atoms with Crippen LogP contribution in [-0.2, 0) is 12.3 Å². The van der Waals surface area contributed by atoms with Gasteiger partial charge in [-0.2, -0.15) is 0 Å². The maximum Gasteiger partial charge on any atom is 0.192 e. The smallest absolute Gasteiger partial charge is 0.192 e. The fourth-order valence-electron chi connectivity index (χ4n) is 3.53. The summed E-state index contributed by atoms with van der Waals surface area (Å²) in [4.78, 5) is 4.44. The van der Waals surface area contributed by atoms with Gasteiger partial charge in [0.1, 0.15) is 17.3 Å². The first-order valence-corrected chi connectivity index (χ1v) is 11.0. The zero-order valence-corrected chi connectivity index (χ0v) is 18.1. The Hall–Kier alpha value is -3.65. The quantitative estimate of drug-likeness (QED) is 0.304. The van der Waals surface area contributed by atoms with Gasteiger partial charge in [0, 0.05) is 22.9 Å². The summed E-state index contributed by atoms with van der Waals surface area (Å²) < 4.78 is 27.0. The molecule has 0 aliphatic carbocycles. The number of pyridine rings is 1. The second kappa shape index (κ2) is 8.84. The lowest BCUT2D eigenvalue weighted by Crippen LogP contribution is -2.03. The third kappa shape index (κ3) is 4.09. The number of aromatic nitrogens is 4. The third-order valence-corrected chi connectivity index (χ3v) is 6.08. The molecule has 0 aliphatic heterocycles. The number of ether oxygens (including phenoxy) is 1. The molecule has 32 heavy (non-hydrogen) atoms. The Bertz CT molecular complexity index is 1350. The van der Waals surface area contributed by atoms with Crippen LogP contribution in [0.2, 0.25) is 0 Å². The minimum atomic E-state index is -0.280. The highest BCUT2D eigenvalue weighted by Gasteiger charge is 2.17. The summed E-state index contributed by atoms with van der Waals surface area (Å²) in [7, 11) is 1.63. The Morgan fingerprint density at radius 1 is 1.06 bits per heavy atom. The Morgan fingerprint density at radius 3 is 2.72 bits per heavy atom. The van der Waals surface area contributed by atoms with Gasteiger partial charge in [-0.1, -0.05) is 17.8 Å². The molecule has 6 nitrogen and oxygen atoms in total. The van der Waals surface area contributed by atoms with E-state index in [2.05, 4.69) is 15.2 Å². The Labute approximate surface area is 188 Å². The highest BCUT2D eigenvalue weighted by atomic mass is 32.2. The Kier molecular flexibility index (Phi) is 5.60. The lowest BCUT2D eigenvalue weighted by Gasteiger charge is -2.10. The monoisotopic (exact) mass is 446 g/mol. The van der Waals surface area contributed by atoms with E-state index in [1.54, 1.807) is 25.6 Å². The van der Waals surface area contributed by atoms with Crippen molar-refractivity contribution in [1.29, 1.82) is 0 Å². The summed E-state index contributed by atoms with van der Waals surface area (Å²) in [6.45, 7) is 0.478. The van der Waals surface area contributed by atoms with Crippen LogP contribution in [0.5, 0.6) is 5.75 Å². The molecule has 0 fully saturated rings. The molecule has 160 valence electrons. The molecule has 3 heterocycles. The van der Waals surface area contributed by atoms with E-state index in [4.69, 9.17) is 9.15 Å². The van der Waals surface area contributed by atoms with Crippen molar-refractivity contribution in [1.82, 2.24) is 19.7 Å². The predicted molar refractivity (Wildman–Crippen MR) is 121 cm³/mol. The summed E-state index contributed by atoms with van der Waals surface area (Å²) in [6.07, 6.45) is 3.36. The fraction of sp³-hybridized carbons (Fsp3) is 0.125. The predicted octanol–water partition coefficient (Wildman–Crippen LogP) is 5.57. The molecule has 5 rings (SSSR count). The average molecular weight is 447 g/mol. The van der Waals surface area contributed by atoms with Crippen molar-refractivity contribution in [3.8, 4) is 17.1 Å². The number of halogens is 1. The molecule has 0 spiro atoms. The molecule has 3 aromatic heterocycles. The fourth-order valence-corrected chi connectivity index (χ4v) is 4.44. The molecule has 0 saturated heterocycles. The zero-order chi connectivity index (χ0) is 21.9. The Morgan fingerprint density at radius 2 is 1.94 bits per heavy atom. The summed E-state index contributed by atoms with van der Waals surface area (Å²) in [6, 6.07) is 18.1. The summed E-state index contributed by atoms with van der Waals surface area (Å²) >= 11 is 1.49. The van der Waals surface area contributed by atoms with Crippen LogP contribution in [0.15, 0.2) is 82.7 Å². The first-order chi connectivity index (χ1) is 15.7. The van der Waals surface area contributed by atoms with E-state index in [9.17, 15) is 4.39 Å².